The Morgan fingerprint density at radius 1 is 1.23 bits per heavy atom. The Labute approximate surface area is 181 Å². The van der Waals surface area contributed by atoms with Crippen LogP contribution in [0.4, 0.5) is 0 Å². The first-order valence-corrected chi connectivity index (χ1v) is 10.9. The second-order valence-corrected chi connectivity index (χ2v) is 10.3. The van der Waals surface area contributed by atoms with E-state index >= 15 is 0 Å². The number of carboxylic acids is 1. The molecule has 0 aromatic carbocycles. The molecule has 1 fully saturated rings. The summed E-state index contributed by atoms with van der Waals surface area (Å²) in [6, 6.07) is -1.33. The van der Waals surface area contributed by atoms with Gasteiger partial charge < -0.3 is 15.3 Å². The molecule has 0 spiro atoms. The van der Waals surface area contributed by atoms with Crippen molar-refractivity contribution in [2.75, 3.05) is 20.6 Å². The highest BCUT2D eigenvalue weighted by atomic mass is 16.4. The first-order valence-electron chi connectivity index (χ1n) is 10.9. The van der Waals surface area contributed by atoms with Crippen LogP contribution in [0.2, 0.25) is 0 Å². The fourth-order valence-electron chi connectivity index (χ4n) is 3.88. The Bertz CT molecular complexity index is 666. The van der Waals surface area contributed by atoms with Crippen molar-refractivity contribution in [3.8, 4) is 0 Å². The zero-order valence-electron chi connectivity index (χ0n) is 20.2. The minimum atomic E-state index is -1.00. The molecular weight excluding hydrogens is 382 g/mol. The van der Waals surface area contributed by atoms with Crippen LogP contribution in [0.5, 0.6) is 0 Å². The van der Waals surface area contributed by atoms with Gasteiger partial charge in [0.2, 0.25) is 11.8 Å². The lowest BCUT2D eigenvalue weighted by Gasteiger charge is -2.40. The highest BCUT2D eigenvalue weighted by Crippen LogP contribution is 2.26. The predicted molar refractivity (Wildman–Crippen MR) is 119 cm³/mol. The average molecular weight is 424 g/mol. The summed E-state index contributed by atoms with van der Waals surface area (Å²) in [5.74, 6) is -0.844. The fraction of sp³-hybridized carbons (Fsp3) is 0.783. The number of rotatable bonds is 7. The number of likely N-dealkylation sites (N-methyl/N-ethyl adjacent to an activating group) is 2. The van der Waals surface area contributed by atoms with Gasteiger partial charge >= 0.3 is 5.97 Å². The third-order valence-corrected chi connectivity index (χ3v) is 6.07. The molecule has 2 amide bonds. The third-order valence-electron chi connectivity index (χ3n) is 6.07. The maximum atomic E-state index is 13.5. The summed E-state index contributed by atoms with van der Waals surface area (Å²) in [4.78, 5) is 41.5. The lowest BCUT2D eigenvalue weighted by molar-refractivity contribution is -0.141. The number of hydrogen-bond acceptors (Lipinski definition) is 4. The number of nitrogens with one attached hydrogen (secondary N) is 1. The van der Waals surface area contributed by atoms with E-state index in [1.54, 1.807) is 18.0 Å². The van der Waals surface area contributed by atoms with Crippen molar-refractivity contribution < 1.29 is 19.5 Å². The molecule has 4 atom stereocenters. The van der Waals surface area contributed by atoms with Gasteiger partial charge in [-0.2, -0.15) is 0 Å². The molecule has 1 unspecified atom stereocenters. The van der Waals surface area contributed by atoms with E-state index in [9.17, 15) is 19.5 Å². The topological polar surface area (TPSA) is 90.0 Å². The number of carbonyl (C=O) groups is 3. The quantitative estimate of drug-likeness (QED) is 0.615. The molecule has 0 saturated carbocycles. The largest absolute Gasteiger partial charge is 0.478 e. The number of carbonyl (C=O) groups excluding carboxylic acids is 2. The summed E-state index contributed by atoms with van der Waals surface area (Å²) in [7, 11) is 3.63. The molecule has 1 aliphatic heterocycles. The molecule has 0 aliphatic carbocycles. The van der Waals surface area contributed by atoms with Crippen LogP contribution in [0.15, 0.2) is 11.6 Å². The number of carboxylic acid groups (broad SMARTS) is 1. The van der Waals surface area contributed by atoms with Crippen molar-refractivity contribution in [3.05, 3.63) is 11.6 Å². The molecule has 7 nitrogen and oxygen atoms in total. The average Bonchev–Trinajstić information content (AvgIpc) is 2.63. The van der Waals surface area contributed by atoms with E-state index in [-0.39, 0.29) is 35.4 Å². The molecular formula is C23H41N3O4. The van der Waals surface area contributed by atoms with Crippen LogP contribution in [-0.2, 0) is 14.4 Å². The van der Waals surface area contributed by atoms with Gasteiger partial charge in [0.05, 0.1) is 12.1 Å². The van der Waals surface area contributed by atoms with E-state index in [1.807, 2.05) is 41.7 Å². The predicted octanol–water partition coefficient (Wildman–Crippen LogP) is 2.76. The van der Waals surface area contributed by atoms with Gasteiger partial charge in [-0.1, -0.05) is 47.6 Å². The highest BCUT2D eigenvalue weighted by molar-refractivity contribution is 5.91. The molecule has 0 radical (unpaired) electrons. The van der Waals surface area contributed by atoms with E-state index in [2.05, 4.69) is 17.1 Å². The van der Waals surface area contributed by atoms with Gasteiger partial charge in [-0.3, -0.25) is 14.5 Å². The van der Waals surface area contributed by atoms with Crippen molar-refractivity contribution >= 4 is 17.8 Å². The van der Waals surface area contributed by atoms with Crippen LogP contribution in [-0.4, -0.2) is 71.5 Å². The Hall–Kier alpha value is -1.89. The van der Waals surface area contributed by atoms with Crippen molar-refractivity contribution in [1.29, 1.82) is 0 Å². The minimum Gasteiger partial charge on any atom is -0.478 e. The molecule has 172 valence electrons. The maximum Gasteiger partial charge on any atom is 0.331 e. The van der Waals surface area contributed by atoms with Crippen LogP contribution >= 0.6 is 0 Å². The molecule has 30 heavy (non-hydrogen) atoms. The number of amides is 2. The fourth-order valence-corrected chi connectivity index (χ4v) is 3.88. The zero-order chi connectivity index (χ0) is 23.4. The second-order valence-electron chi connectivity index (χ2n) is 10.3. The van der Waals surface area contributed by atoms with E-state index in [0.29, 0.717) is 5.92 Å². The molecule has 1 saturated heterocycles. The summed E-state index contributed by atoms with van der Waals surface area (Å²) in [6.45, 7) is 14.2. The number of likely N-dealkylation sites (tertiary alicyclic amines) is 1. The van der Waals surface area contributed by atoms with Crippen LogP contribution in [0.25, 0.3) is 0 Å². The smallest absolute Gasteiger partial charge is 0.331 e. The van der Waals surface area contributed by atoms with Crippen LogP contribution in [0.1, 0.15) is 61.3 Å². The summed E-state index contributed by atoms with van der Waals surface area (Å²) in [5.41, 5.74) is -0.296. The van der Waals surface area contributed by atoms with Crippen molar-refractivity contribution in [2.24, 2.45) is 17.3 Å². The van der Waals surface area contributed by atoms with E-state index < -0.39 is 17.4 Å². The van der Waals surface area contributed by atoms with Gasteiger partial charge in [-0.15, -0.1) is 0 Å². The van der Waals surface area contributed by atoms with E-state index in [4.69, 9.17) is 0 Å². The normalized spacial score (nSPS) is 23.1. The van der Waals surface area contributed by atoms with Gasteiger partial charge in [0.15, 0.2) is 0 Å². The van der Waals surface area contributed by atoms with Crippen molar-refractivity contribution in [2.45, 2.75) is 79.4 Å². The Balaban J connectivity index is 3.12. The monoisotopic (exact) mass is 423 g/mol. The molecule has 1 heterocycles. The van der Waals surface area contributed by atoms with Crippen LogP contribution in [0, 0.1) is 17.3 Å². The third kappa shape index (κ3) is 6.83. The number of aliphatic carboxylic acids is 1. The standard InChI is InChI=1S/C23H41N3O4/c1-14(2)17(13-16(4)22(29)30)26(9)21(28)19(23(5,6)7)24-20(27)18-12-15(3)10-11-25(18)8/h13-15,17-19H,10-12H2,1-9H3,(H,24,27)(H,29,30)/b16-13+/t15-,17-,18?,19-/m1/s1. The van der Waals surface area contributed by atoms with E-state index in [1.165, 1.54) is 6.92 Å². The van der Waals surface area contributed by atoms with Gasteiger partial charge in [-0.25, -0.2) is 4.79 Å². The van der Waals surface area contributed by atoms with E-state index in [0.717, 1.165) is 19.4 Å². The molecule has 1 rings (SSSR count). The van der Waals surface area contributed by atoms with Crippen LogP contribution < -0.4 is 5.32 Å². The minimum absolute atomic E-state index is 0.0231. The molecule has 0 bridgehead atoms. The van der Waals surface area contributed by atoms with Gasteiger partial charge in [0.1, 0.15) is 6.04 Å². The summed E-state index contributed by atoms with van der Waals surface area (Å²) in [6.07, 6.45) is 3.46. The lowest BCUT2D eigenvalue weighted by Crippen LogP contribution is -2.60. The molecule has 1 aliphatic rings. The first-order chi connectivity index (χ1) is 13.7. The zero-order valence-corrected chi connectivity index (χ0v) is 20.2. The van der Waals surface area contributed by atoms with Crippen molar-refractivity contribution in [3.63, 3.8) is 0 Å². The SMILES string of the molecule is C/C(=C\[C@H](C(C)C)N(C)C(=O)[C@@H](NC(=O)C1C[C@H](C)CCN1C)C(C)(C)C)C(=O)O. The first kappa shape index (κ1) is 26.1. The maximum absolute atomic E-state index is 13.5. The summed E-state index contributed by atoms with van der Waals surface area (Å²) < 4.78 is 0. The Morgan fingerprint density at radius 2 is 1.80 bits per heavy atom. The van der Waals surface area contributed by atoms with Gasteiger partial charge in [0.25, 0.3) is 0 Å². The molecule has 0 aromatic rings. The Kier molecular flexibility index (Phi) is 9.08. The van der Waals surface area contributed by atoms with Gasteiger partial charge in [0, 0.05) is 12.6 Å². The number of hydrogen-bond donors (Lipinski definition) is 2. The summed E-state index contributed by atoms with van der Waals surface area (Å²) >= 11 is 0. The Morgan fingerprint density at radius 3 is 2.27 bits per heavy atom. The molecule has 7 heteroatoms. The highest BCUT2D eigenvalue weighted by Gasteiger charge is 2.39. The number of nitrogens with zero attached hydrogens (tertiary/aromatic N) is 2. The summed E-state index contributed by atoms with van der Waals surface area (Å²) in [5, 5.41) is 12.3. The number of piperidine rings is 1. The second kappa shape index (κ2) is 10.4. The molecule has 0 aromatic heterocycles. The lowest BCUT2D eigenvalue weighted by atomic mass is 9.84. The van der Waals surface area contributed by atoms with Crippen LogP contribution in [0.3, 0.4) is 0 Å². The van der Waals surface area contributed by atoms with Gasteiger partial charge in [-0.05, 0) is 50.6 Å². The van der Waals surface area contributed by atoms with Crippen molar-refractivity contribution in [1.82, 2.24) is 15.1 Å². The molecule has 2 N–H and O–H groups in total.